The molecule has 0 unspecified atom stereocenters. The summed E-state index contributed by atoms with van der Waals surface area (Å²) in [4.78, 5) is 0. The van der Waals surface area contributed by atoms with Gasteiger partial charge in [-0.25, -0.2) is 8.78 Å². The van der Waals surface area contributed by atoms with Crippen LogP contribution in [-0.2, 0) is 13.2 Å². The zero-order valence-corrected chi connectivity index (χ0v) is 14.3. The van der Waals surface area contributed by atoms with Gasteiger partial charge in [0.15, 0.2) is 11.5 Å². The van der Waals surface area contributed by atoms with Gasteiger partial charge in [0.2, 0.25) is 0 Å². The molecule has 0 aliphatic rings. The van der Waals surface area contributed by atoms with Gasteiger partial charge in [-0.3, -0.25) is 0 Å². The monoisotopic (exact) mass is 355 g/mol. The van der Waals surface area contributed by atoms with Gasteiger partial charge in [-0.05, 0) is 48.0 Å². The molecular formula is C21H19F2NO2. The number of nitrogens with one attached hydrogen (secondary N) is 1. The van der Waals surface area contributed by atoms with Crippen molar-refractivity contribution in [1.29, 1.82) is 0 Å². The Morgan fingerprint density at radius 1 is 0.846 bits per heavy atom. The second-order valence-corrected chi connectivity index (χ2v) is 5.72. The highest BCUT2D eigenvalue weighted by atomic mass is 19.1. The van der Waals surface area contributed by atoms with E-state index in [4.69, 9.17) is 9.47 Å². The van der Waals surface area contributed by atoms with E-state index in [1.807, 2.05) is 18.2 Å². The van der Waals surface area contributed by atoms with Gasteiger partial charge in [0.05, 0.1) is 7.11 Å². The van der Waals surface area contributed by atoms with Crippen molar-refractivity contribution in [3.05, 3.63) is 89.5 Å². The van der Waals surface area contributed by atoms with E-state index in [2.05, 4.69) is 5.32 Å². The Labute approximate surface area is 151 Å². The number of hydrogen-bond acceptors (Lipinski definition) is 3. The zero-order valence-electron chi connectivity index (χ0n) is 14.3. The highest BCUT2D eigenvalue weighted by Crippen LogP contribution is 2.32. The van der Waals surface area contributed by atoms with Crippen molar-refractivity contribution in [2.75, 3.05) is 12.4 Å². The van der Waals surface area contributed by atoms with E-state index in [9.17, 15) is 8.78 Å². The highest BCUT2D eigenvalue weighted by molar-refractivity contribution is 5.50. The summed E-state index contributed by atoms with van der Waals surface area (Å²) >= 11 is 0. The molecule has 0 saturated carbocycles. The molecule has 3 nitrogen and oxygen atoms in total. The lowest BCUT2D eigenvalue weighted by molar-refractivity contribution is 0.281. The van der Waals surface area contributed by atoms with E-state index in [1.54, 1.807) is 31.4 Å². The maximum atomic E-state index is 13.0. The Balaban J connectivity index is 1.74. The van der Waals surface area contributed by atoms with Crippen LogP contribution in [0.3, 0.4) is 0 Å². The SMILES string of the molecule is COc1cccc(CNc2ccc(F)cc2)c1OCc1ccc(F)cc1. The van der Waals surface area contributed by atoms with Gasteiger partial charge in [-0.15, -0.1) is 0 Å². The Hall–Kier alpha value is -3.08. The minimum Gasteiger partial charge on any atom is -0.493 e. The molecule has 0 spiro atoms. The van der Waals surface area contributed by atoms with Crippen LogP contribution in [0, 0.1) is 11.6 Å². The summed E-state index contributed by atoms with van der Waals surface area (Å²) in [7, 11) is 1.58. The summed E-state index contributed by atoms with van der Waals surface area (Å²) in [5, 5.41) is 3.23. The molecule has 3 aromatic carbocycles. The van der Waals surface area contributed by atoms with Crippen LogP contribution in [0.1, 0.15) is 11.1 Å². The van der Waals surface area contributed by atoms with Crippen LogP contribution in [-0.4, -0.2) is 7.11 Å². The number of anilines is 1. The Morgan fingerprint density at radius 3 is 2.15 bits per heavy atom. The second-order valence-electron chi connectivity index (χ2n) is 5.72. The number of halogens is 2. The number of para-hydroxylation sites is 1. The van der Waals surface area contributed by atoms with Gasteiger partial charge < -0.3 is 14.8 Å². The van der Waals surface area contributed by atoms with Gasteiger partial charge in [-0.1, -0.05) is 24.3 Å². The Morgan fingerprint density at radius 2 is 1.50 bits per heavy atom. The molecule has 134 valence electrons. The Kier molecular flexibility index (Phi) is 5.69. The third-order valence-electron chi connectivity index (χ3n) is 3.90. The van der Waals surface area contributed by atoms with E-state index in [0.717, 1.165) is 16.8 Å². The van der Waals surface area contributed by atoms with Crippen LogP contribution in [0.15, 0.2) is 66.7 Å². The predicted octanol–water partition coefficient (Wildman–Crippen LogP) is 5.16. The molecule has 0 aliphatic carbocycles. The summed E-state index contributed by atoms with van der Waals surface area (Å²) in [5.74, 6) is 0.676. The van der Waals surface area contributed by atoms with Crippen molar-refractivity contribution >= 4 is 5.69 Å². The van der Waals surface area contributed by atoms with Crippen molar-refractivity contribution in [1.82, 2.24) is 0 Å². The van der Waals surface area contributed by atoms with Crippen molar-refractivity contribution in [3.8, 4) is 11.5 Å². The molecule has 26 heavy (non-hydrogen) atoms. The van der Waals surface area contributed by atoms with Crippen LogP contribution < -0.4 is 14.8 Å². The lowest BCUT2D eigenvalue weighted by Gasteiger charge is -2.16. The third kappa shape index (κ3) is 4.51. The lowest BCUT2D eigenvalue weighted by Crippen LogP contribution is -2.05. The van der Waals surface area contributed by atoms with Crippen LogP contribution in [0.4, 0.5) is 14.5 Å². The molecule has 0 heterocycles. The first-order valence-electron chi connectivity index (χ1n) is 8.18. The lowest BCUT2D eigenvalue weighted by atomic mass is 10.1. The molecule has 3 rings (SSSR count). The largest absolute Gasteiger partial charge is 0.493 e. The number of rotatable bonds is 7. The first-order valence-corrected chi connectivity index (χ1v) is 8.18. The molecule has 0 bridgehead atoms. The normalized spacial score (nSPS) is 10.4. The number of ether oxygens (including phenoxy) is 2. The minimum absolute atomic E-state index is 0.278. The van der Waals surface area contributed by atoms with Crippen molar-refractivity contribution in [3.63, 3.8) is 0 Å². The van der Waals surface area contributed by atoms with E-state index < -0.39 is 0 Å². The second kappa shape index (κ2) is 8.34. The van der Waals surface area contributed by atoms with Gasteiger partial charge in [-0.2, -0.15) is 0 Å². The molecule has 0 saturated heterocycles. The number of hydrogen-bond donors (Lipinski definition) is 1. The fourth-order valence-electron chi connectivity index (χ4n) is 2.53. The van der Waals surface area contributed by atoms with Crippen molar-refractivity contribution < 1.29 is 18.3 Å². The fourth-order valence-corrected chi connectivity index (χ4v) is 2.53. The summed E-state index contributed by atoms with van der Waals surface area (Å²) in [5.41, 5.74) is 2.56. The van der Waals surface area contributed by atoms with Crippen LogP contribution in [0.25, 0.3) is 0 Å². The maximum Gasteiger partial charge on any atom is 0.166 e. The molecule has 0 aliphatic heterocycles. The molecule has 0 fully saturated rings. The van der Waals surface area contributed by atoms with Crippen molar-refractivity contribution in [2.24, 2.45) is 0 Å². The number of methoxy groups -OCH3 is 1. The standard InChI is InChI=1S/C21H19F2NO2/c1-25-20-4-2-3-16(13-24-19-11-9-18(23)10-12-19)21(20)26-14-15-5-7-17(22)8-6-15/h2-12,24H,13-14H2,1H3. The molecule has 3 aromatic rings. The van der Waals surface area contributed by atoms with E-state index in [0.29, 0.717) is 24.7 Å². The molecular weight excluding hydrogens is 336 g/mol. The van der Waals surface area contributed by atoms with Gasteiger partial charge in [0.1, 0.15) is 18.2 Å². The van der Waals surface area contributed by atoms with Gasteiger partial charge >= 0.3 is 0 Å². The summed E-state index contributed by atoms with van der Waals surface area (Å²) in [6, 6.07) is 18.0. The molecule has 0 amide bonds. The first-order chi connectivity index (χ1) is 12.7. The van der Waals surface area contributed by atoms with Crippen LogP contribution in [0.5, 0.6) is 11.5 Å². The summed E-state index contributed by atoms with van der Waals surface area (Å²) in [6.07, 6.45) is 0. The summed E-state index contributed by atoms with van der Waals surface area (Å²) < 4.78 is 37.4. The average Bonchev–Trinajstić information content (AvgIpc) is 2.67. The number of benzene rings is 3. The van der Waals surface area contributed by atoms with Crippen LogP contribution in [0.2, 0.25) is 0 Å². The summed E-state index contributed by atoms with van der Waals surface area (Å²) in [6.45, 7) is 0.784. The van der Waals surface area contributed by atoms with Gasteiger partial charge in [0, 0.05) is 17.8 Å². The van der Waals surface area contributed by atoms with Crippen LogP contribution >= 0.6 is 0 Å². The molecule has 5 heteroatoms. The molecule has 0 atom stereocenters. The van der Waals surface area contributed by atoms with Gasteiger partial charge in [0.25, 0.3) is 0 Å². The minimum atomic E-state index is -0.282. The molecule has 0 aromatic heterocycles. The third-order valence-corrected chi connectivity index (χ3v) is 3.90. The smallest absolute Gasteiger partial charge is 0.166 e. The Bertz CT molecular complexity index is 849. The first kappa shape index (κ1) is 17.7. The molecule has 1 N–H and O–H groups in total. The quantitative estimate of drug-likeness (QED) is 0.635. The fraction of sp³-hybridized carbons (Fsp3) is 0.143. The molecule has 0 radical (unpaired) electrons. The van der Waals surface area contributed by atoms with E-state index in [-0.39, 0.29) is 11.6 Å². The average molecular weight is 355 g/mol. The van der Waals surface area contributed by atoms with E-state index >= 15 is 0 Å². The predicted molar refractivity (Wildman–Crippen MR) is 97.5 cm³/mol. The maximum absolute atomic E-state index is 13.0. The highest BCUT2D eigenvalue weighted by Gasteiger charge is 2.11. The zero-order chi connectivity index (χ0) is 18.4. The van der Waals surface area contributed by atoms with E-state index in [1.165, 1.54) is 24.3 Å². The topological polar surface area (TPSA) is 30.5 Å². The van der Waals surface area contributed by atoms with Crippen molar-refractivity contribution in [2.45, 2.75) is 13.2 Å².